The highest BCUT2D eigenvalue weighted by atomic mass is 16.2. The Morgan fingerprint density at radius 3 is 2.50 bits per heavy atom. The van der Waals surface area contributed by atoms with Gasteiger partial charge >= 0.3 is 0 Å². The second-order valence-electron chi connectivity index (χ2n) is 8.34. The highest BCUT2D eigenvalue weighted by Crippen LogP contribution is 2.25. The maximum Gasteiger partial charge on any atom is 0.254 e. The fraction of sp³-hybridized carbons (Fsp3) is 0.148. The van der Waals surface area contributed by atoms with Crippen LogP contribution >= 0.6 is 0 Å². The van der Waals surface area contributed by atoms with Crippen molar-refractivity contribution in [1.29, 1.82) is 0 Å². The summed E-state index contributed by atoms with van der Waals surface area (Å²) in [5, 5.41) is 3.00. The van der Waals surface area contributed by atoms with E-state index in [1.165, 1.54) is 0 Å². The van der Waals surface area contributed by atoms with Crippen LogP contribution in [0.2, 0.25) is 0 Å². The third-order valence-electron chi connectivity index (χ3n) is 6.00. The molecule has 0 fully saturated rings. The Labute approximate surface area is 197 Å². The Bertz CT molecular complexity index is 1500. The van der Waals surface area contributed by atoms with E-state index in [2.05, 4.69) is 19.9 Å². The second-order valence-corrected chi connectivity index (χ2v) is 8.34. The number of benzene rings is 2. The van der Waals surface area contributed by atoms with Gasteiger partial charge in [-0.25, -0.2) is 15.0 Å². The number of rotatable bonds is 5. The molecule has 5 rings (SSSR count). The number of carbonyl (C=O) groups excluding carboxylic acids is 1. The molecule has 1 amide bonds. The van der Waals surface area contributed by atoms with E-state index in [4.69, 9.17) is 5.73 Å². The van der Waals surface area contributed by atoms with E-state index in [9.17, 15) is 4.79 Å². The summed E-state index contributed by atoms with van der Waals surface area (Å²) in [5.41, 5.74) is 8.93. The number of aromatic nitrogens is 4. The number of carbonyl (C=O) groups is 1. The first-order valence-electron chi connectivity index (χ1n) is 11.1. The first-order chi connectivity index (χ1) is 16.5. The standard InChI is InChI=1S/C27H24N6O/c1-17-12-22-13-20(8-9-24(22)32-25(17)28)27(34)33(18(2)26-29-10-5-11-30-26)16-23-14-19-6-3-4-7-21(19)15-31-23/h3-15,18H,16H2,1-2H3,(H2,28,32)/t18-/m1/s1. The average molecular weight is 449 g/mol. The first-order valence-corrected chi connectivity index (χ1v) is 11.1. The van der Waals surface area contributed by atoms with Gasteiger partial charge in [-0.2, -0.15) is 0 Å². The zero-order valence-electron chi connectivity index (χ0n) is 19.0. The predicted octanol–water partition coefficient (Wildman–Crippen LogP) is 4.87. The smallest absolute Gasteiger partial charge is 0.254 e. The van der Waals surface area contributed by atoms with Crippen LogP contribution in [0.1, 0.15) is 40.4 Å². The highest BCUT2D eigenvalue weighted by Gasteiger charge is 2.25. The van der Waals surface area contributed by atoms with Crippen LogP contribution in [0.5, 0.6) is 0 Å². The Hall–Kier alpha value is -4.39. The van der Waals surface area contributed by atoms with E-state index in [0.29, 0.717) is 23.8 Å². The van der Waals surface area contributed by atoms with Crippen molar-refractivity contribution in [2.24, 2.45) is 0 Å². The molecule has 34 heavy (non-hydrogen) atoms. The zero-order valence-corrected chi connectivity index (χ0v) is 19.0. The normalized spacial score (nSPS) is 12.1. The molecule has 7 nitrogen and oxygen atoms in total. The van der Waals surface area contributed by atoms with Crippen LogP contribution in [0, 0.1) is 6.92 Å². The van der Waals surface area contributed by atoms with Crippen molar-refractivity contribution in [1.82, 2.24) is 24.8 Å². The molecule has 0 aliphatic carbocycles. The SMILES string of the molecule is Cc1cc2cc(C(=O)N(Cc3cc4ccccc4cn3)[C@H](C)c3ncccn3)ccc2nc1N. The lowest BCUT2D eigenvalue weighted by Crippen LogP contribution is -2.34. The van der Waals surface area contributed by atoms with Gasteiger partial charge in [-0.05, 0) is 61.2 Å². The van der Waals surface area contributed by atoms with Crippen LogP contribution < -0.4 is 5.73 Å². The number of fused-ring (bicyclic) bond motifs is 2. The Morgan fingerprint density at radius 2 is 1.71 bits per heavy atom. The Kier molecular flexibility index (Phi) is 5.59. The summed E-state index contributed by atoms with van der Waals surface area (Å²) in [6, 6.07) is 18.9. The lowest BCUT2D eigenvalue weighted by atomic mass is 10.1. The van der Waals surface area contributed by atoms with Crippen molar-refractivity contribution in [3.05, 3.63) is 102 Å². The number of hydrogen-bond acceptors (Lipinski definition) is 6. The molecule has 3 aromatic heterocycles. The van der Waals surface area contributed by atoms with Gasteiger partial charge in [-0.3, -0.25) is 9.78 Å². The molecule has 0 saturated heterocycles. The molecule has 1 atom stereocenters. The zero-order chi connectivity index (χ0) is 23.7. The van der Waals surface area contributed by atoms with Crippen LogP contribution in [0.3, 0.4) is 0 Å². The summed E-state index contributed by atoms with van der Waals surface area (Å²) in [6.07, 6.45) is 5.21. The van der Waals surface area contributed by atoms with Crippen LogP contribution in [0.4, 0.5) is 5.82 Å². The van der Waals surface area contributed by atoms with E-state index >= 15 is 0 Å². The molecular weight excluding hydrogens is 424 g/mol. The second kappa shape index (κ2) is 8.86. The van der Waals surface area contributed by atoms with E-state index in [1.54, 1.807) is 29.4 Å². The number of anilines is 1. The van der Waals surface area contributed by atoms with Crippen LogP contribution in [-0.4, -0.2) is 30.7 Å². The van der Waals surface area contributed by atoms with Crippen molar-refractivity contribution in [3.8, 4) is 0 Å². The predicted molar refractivity (Wildman–Crippen MR) is 133 cm³/mol. The number of nitrogen functional groups attached to an aromatic ring is 1. The fourth-order valence-electron chi connectivity index (χ4n) is 4.04. The molecule has 3 heterocycles. The molecule has 0 radical (unpaired) electrons. The third kappa shape index (κ3) is 4.15. The van der Waals surface area contributed by atoms with Gasteiger partial charge < -0.3 is 10.6 Å². The van der Waals surface area contributed by atoms with E-state index in [0.717, 1.165) is 32.9 Å². The molecule has 0 aliphatic rings. The molecule has 168 valence electrons. The minimum Gasteiger partial charge on any atom is -0.383 e. The van der Waals surface area contributed by atoms with Gasteiger partial charge in [0, 0.05) is 34.9 Å². The molecule has 0 bridgehead atoms. The van der Waals surface area contributed by atoms with E-state index in [1.807, 2.05) is 68.6 Å². The molecular formula is C27H24N6O. The van der Waals surface area contributed by atoms with E-state index in [-0.39, 0.29) is 11.9 Å². The molecule has 0 aliphatic heterocycles. The maximum atomic E-state index is 13.8. The van der Waals surface area contributed by atoms with Crippen molar-refractivity contribution in [2.75, 3.05) is 5.73 Å². The van der Waals surface area contributed by atoms with Gasteiger partial charge in [-0.15, -0.1) is 0 Å². The molecule has 2 N–H and O–H groups in total. The number of nitrogens with two attached hydrogens (primary N) is 1. The Balaban J connectivity index is 1.54. The number of pyridine rings is 2. The third-order valence-corrected chi connectivity index (χ3v) is 6.00. The largest absolute Gasteiger partial charge is 0.383 e. The topological polar surface area (TPSA) is 97.9 Å². The van der Waals surface area contributed by atoms with Gasteiger partial charge in [-0.1, -0.05) is 24.3 Å². The van der Waals surface area contributed by atoms with Crippen molar-refractivity contribution < 1.29 is 4.79 Å². The van der Waals surface area contributed by atoms with E-state index < -0.39 is 0 Å². The minimum absolute atomic E-state index is 0.133. The number of amides is 1. The lowest BCUT2D eigenvalue weighted by Gasteiger charge is -2.28. The maximum absolute atomic E-state index is 13.8. The van der Waals surface area contributed by atoms with Gasteiger partial charge in [0.25, 0.3) is 5.91 Å². The van der Waals surface area contributed by atoms with Crippen LogP contribution in [0.25, 0.3) is 21.7 Å². The quantitative estimate of drug-likeness (QED) is 0.412. The molecule has 0 unspecified atom stereocenters. The summed E-state index contributed by atoms with van der Waals surface area (Å²) < 4.78 is 0. The highest BCUT2D eigenvalue weighted by molar-refractivity contribution is 5.98. The van der Waals surface area contributed by atoms with Crippen LogP contribution in [-0.2, 0) is 6.54 Å². The summed E-state index contributed by atoms with van der Waals surface area (Å²) >= 11 is 0. The summed E-state index contributed by atoms with van der Waals surface area (Å²) in [5.74, 6) is 0.930. The number of hydrogen-bond donors (Lipinski definition) is 1. The molecule has 0 spiro atoms. The molecule has 2 aromatic carbocycles. The minimum atomic E-state index is -0.357. The number of aryl methyl sites for hydroxylation is 1. The summed E-state index contributed by atoms with van der Waals surface area (Å²) in [6.45, 7) is 4.16. The first kappa shape index (κ1) is 21.5. The van der Waals surface area contributed by atoms with Gasteiger partial charge in [0.15, 0.2) is 0 Å². The van der Waals surface area contributed by atoms with Crippen molar-refractivity contribution in [3.63, 3.8) is 0 Å². The average Bonchev–Trinajstić information content (AvgIpc) is 2.87. The number of nitrogens with zero attached hydrogens (tertiary/aromatic N) is 5. The van der Waals surface area contributed by atoms with Gasteiger partial charge in [0.1, 0.15) is 11.6 Å². The molecule has 7 heteroatoms. The molecule has 0 saturated carbocycles. The lowest BCUT2D eigenvalue weighted by molar-refractivity contribution is 0.0663. The van der Waals surface area contributed by atoms with Gasteiger partial charge in [0.05, 0.1) is 23.8 Å². The van der Waals surface area contributed by atoms with Crippen molar-refractivity contribution >= 4 is 33.4 Å². The molecule has 5 aromatic rings. The van der Waals surface area contributed by atoms with Crippen molar-refractivity contribution in [2.45, 2.75) is 26.4 Å². The Morgan fingerprint density at radius 1 is 0.941 bits per heavy atom. The van der Waals surface area contributed by atoms with Crippen LogP contribution in [0.15, 0.2) is 79.3 Å². The monoisotopic (exact) mass is 448 g/mol. The van der Waals surface area contributed by atoms with Gasteiger partial charge in [0.2, 0.25) is 0 Å². The summed E-state index contributed by atoms with van der Waals surface area (Å²) in [7, 11) is 0. The summed E-state index contributed by atoms with van der Waals surface area (Å²) in [4.78, 5) is 33.4. The fourth-order valence-corrected chi connectivity index (χ4v) is 4.04.